The second kappa shape index (κ2) is 7.68. The van der Waals surface area contributed by atoms with E-state index in [1.165, 1.54) is 18.4 Å². The van der Waals surface area contributed by atoms with E-state index >= 15 is 0 Å². The van der Waals surface area contributed by atoms with Gasteiger partial charge in [0.25, 0.3) is 0 Å². The Labute approximate surface area is 125 Å². The van der Waals surface area contributed by atoms with Crippen molar-refractivity contribution in [1.29, 1.82) is 0 Å². The summed E-state index contributed by atoms with van der Waals surface area (Å²) in [5, 5.41) is 2.91. The van der Waals surface area contributed by atoms with Gasteiger partial charge >= 0.3 is 0 Å². The molecule has 7 heteroatoms. The summed E-state index contributed by atoms with van der Waals surface area (Å²) in [6.45, 7) is 6.99. The number of ether oxygens (including phenoxy) is 1. The molecule has 3 N–H and O–H groups in total. The van der Waals surface area contributed by atoms with Crippen molar-refractivity contribution in [3.8, 4) is 5.75 Å². The topological polar surface area (TPSA) is 93.8 Å². The van der Waals surface area contributed by atoms with Gasteiger partial charge < -0.3 is 15.8 Å². The molecule has 116 valence electrons. The summed E-state index contributed by atoms with van der Waals surface area (Å²) in [6.07, 6.45) is 1.17. The zero-order valence-corrected chi connectivity index (χ0v) is 13.1. The van der Waals surface area contributed by atoms with Crippen LogP contribution in [0.4, 0.5) is 0 Å². The monoisotopic (exact) mass is 311 g/mol. The Kier molecular flexibility index (Phi) is 6.23. The summed E-state index contributed by atoms with van der Waals surface area (Å²) < 4.78 is 28.1. The van der Waals surface area contributed by atoms with Crippen molar-refractivity contribution in [1.82, 2.24) is 5.32 Å². The highest BCUT2D eigenvalue weighted by Gasteiger charge is 2.06. The van der Waals surface area contributed by atoms with Crippen LogP contribution < -0.4 is 15.8 Å². The van der Waals surface area contributed by atoms with Gasteiger partial charge in [0.2, 0.25) is 0 Å². The van der Waals surface area contributed by atoms with E-state index < -0.39 is 9.84 Å². The Balaban J connectivity index is 2.36. The second-order valence-corrected chi connectivity index (χ2v) is 6.69. The first-order valence-corrected chi connectivity index (χ1v) is 8.29. The first-order valence-electron chi connectivity index (χ1n) is 6.40. The summed E-state index contributed by atoms with van der Waals surface area (Å²) in [5.41, 5.74) is 6.58. The Morgan fingerprint density at radius 2 is 2.00 bits per heavy atom. The quantitative estimate of drug-likeness (QED) is 0.338. The highest BCUT2D eigenvalue weighted by molar-refractivity contribution is 7.90. The molecule has 21 heavy (non-hydrogen) atoms. The van der Waals surface area contributed by atoms with Crippen LogP contribution in [0, 0.1) is 0 Å². The first kappa shape index (κ1) is 17.0. The van der Waals surface area contributed by atoms with Gasteiger partial charge in [0, 0.05) is 6.26 Å². The predicted molar refractivity (Wildman–Crippen MR) is 84.4 cm³/mol. The lowest BCUT2D eigenvalue weighted by Crippen LogP contribution is -2.34. The van der Waals surface area contributed by atoms with Crippen molar-refractivity contribution >= 4 is 15.8 Å². The highest BCUT2D eigenvalue weighted by Crippen LogP contribution is 2.15. The molecule has 1 rings (SSSR count). The standard InChI is InChI=1S/C14H21N3O3S/c1-11(2)10-17-14(15)16-8-9-20-12-4-6-13(7-5-12)21(3,18)19/h4-7H,1,8-10H2,2-3H3,(H3,15,16,17). The molecule has 0 unspecified atom stereocenters. The maximum Gasteiger partial charge on any atom is 0.189 e. The average molecular weight is 311 g/mol. The molecular weight excluding hydrogens is 290 g/mol. The lowest BCUT2D eigenvalue weighted by atomic mass is 10.3. The maximum absolute atomic E-state index is 11.3. The fourth-order valence-electron chi connectivity index (χ4n) is 1.41. The largest absolute Gasteiger partial charge is 0.492 e. The molecule has 0 saturated carbocycles. The average Bonchev–Trinajstić information content (AvgIpc) is 2.41. The molecule has 1 aromatic carbocycles. The summed E-state index contributed by atoms with van der Waals surface area (Å²) in [5.74, 6) is 0.940. The number of nitrogens with zero attached hydrogens (tertiary/aromatic N) is 1. The van der Waals surface area contributed by atoms with E-state index in [1.54, 1.807) is 12.1 Å². The third-order valence-corrected chi connectivity index (χ3v) is 3.58. The number of guanidine groups is 1. The fourth-order valence-corrected chi connectivity index (χ4v) is 2.04. The minimum absolute atomic E-state index is 0.268. The molecule has 0 spiro atoms. The van der Waals surface area contributed by atoms with Crippen molar-refractivity contribution in [2.24, 2.45) is 10.7 Å². The van der Waals surface area contributed by atoms with Crippen LogP contribution >= 0.6 is 0 Å². The number of sulfone groups is 1. The van der Waals surface area contributed by atoms with Crippen LogP contribution in [0.25, 0.3) is 0 Å². The van der Waals surface area contributed by atoms with Gasteiger partial charge in [-0.2, -0.15) is 0 Å². The van der Waals surface area contributed by atoms with Crippen molar-refractivity contribution in [2.75, 3.05) is 26.0 Å². The zero-order valence-electron chi connectivity index (χ0n) is 12.3. The van der Waals surface area contributed by atoms with Crippen LogP contribution in [-0.2, 0) is 9.84 Å². The number of aliphatic imine (C=N–C) groups is 1. The van der Waals surface area contributed by atoms with Crippen LogP contribution in [0.15, 0.2) is 46.3 Å². The van der Waals surface area contributed by atoms with Gasteiger partial charge in [-0.25, -0.2) is 13.4 Å². The molecule has 0 amide bonds. The van der Waals surface area contributed by atoms with Crippen LogP contribution in [0.1, 0.15) is 6.92 Å². The van der Waals surface area contributed by atoms with Crippen molar-refractivity contribution < 1.29 is 13.2 Å². The molecular formula is C14H21N3O3S. The van der Waals surface area contributed by atoms with Crippen molar-refractivity contribution in [3.63, 3.8) is 0 Å². The van der Waals surface area contributed by atoms with Gasteiger partial charge in [-0.3, -0.25) is 0 Å². The summed E-state index contributed by atoms with van der Waals surface area (Å²) >= 11 is 0. The molecule has 0 atom stereocenters. The smallest absolute Gasteiger partial charge is 0.189 e. The van der Waals surface area contributed by atoms with Crippen molar-refractivity contribution in [2.45, 2.75) is 11.8 Å². The van der Waals surface area contributed by atoms with Crippen LogP contribution in [-0.4, -0.2) is 40.3 Å². The molecule has 0 radical (unpaired) electrons. The van der Waals surface area contributed by atoms with E-state index in [-0.39, 0.29) is 4.90 Å². The SMILES string of the molecule is C=C(C)CN=C(N)NCCOc1ccc(S(C)(=O)=O)cc1. The number of benzene rings is 1. The minimum atomic E-state index is -3.18. The lowest BCUT2D eigenvalue weighted by Gasteiger charge is -2.08. The number of hydrogen-bond donors (Lipinski definition) is 2. The zero-order chi connectivity index (χ0) is 15.9. The minimum Gasteiger partial charge on any atom is -0.492 e. The highest BCUT2D eigenvalue weighted by atomic mass is 32.2. The summed E-state index contributed by atoms with van der Waals surface area (Å²) in [4.78, 5) is 4.34. The maximum atomic E-state index is 11.3. The molecule has 0 aliphatic heterocycles. The number of rotatable bonds is 7. The van der Waals surface area contributed by atoms with Gasteiger partial charge in [-0.05, 0) is 31.2 Å². The van der Waals surface area contributed by atoms with Crippen LogP contribution in [0.2, 0.25) is 0 Å². The molecule has 0 heterocycles. The van der Waals surface area contributed by atoms with Gasteiger partial charge in [0.05, 0.1) is 18.0 Å². The number of nitrogens with one attached hydrogen (secondary N) is 1. The Morgan fingerprint density at radius 3 is 2.52 bits per heavy atom. The lowest BCUT2D eigenvalue weighted by molar-refractivity contribution is 0.322. The Bertz CT molecular complexity index is 607. The predicted octanol–water partition coefficient (Wildman–Crippen LogP) is 0.949. The Hall–Kier alpha value is -2.02. The molecule has 1 aromatic rings. The first-order chi connectivity index (χ1) is 9.79. The third-order valence-electron chi connectivity index (χ3n) is 2.45. The van der Waals surface area contributed by atoms with E-state index in [1.807, 2.05) is 6.92 Å². The molecule has 0 aromatic heterocycles. The third kappa shape index (κ3) is 6.80. The van der Waals surface area contributed by atoms with Gasteiger partial charge in [-0.15, -0.1) is 0 Å². The molecule has 0 bridgehead atoms. The molecule has 0 aliphatic carbocycles. The molecule has 6 nitrogen and oxygen atoms in total. The normalized spacial score (nSPS) is 12.0. The molecule has 0 fully saturated rings. The van der Waals surface area contributed by atoms with Gasteiger partial charge in [-0.1, -0.05) is 12.2 Å². The van der Waals surface area contributed by atoms with Gasteiger partial charge in [0.15, 0.2) is 15.8 Å². The van der Waals surface area contributed by atoms with E-state index in [0.29, 0.717) is 31.4 Å². The summed E-state index contributed by atoms with van der Waals surface area (Å²) in [6, 6.07) is 6.27. The fraction of sp³-hybridized carbons (Fsp3) is 0.357. The van der Waals surface area contributed by atoms with E-state index in [9.17, 15) is 8.42 Å². The number of nitrogens with two attached hydrogens (primary N) is 1. The second-order valence-electron chi connectivity index (χ2n) is 4.68. The molecule has 0 saturated heterocycles. The van der Waals surface area contributed by atoms with Crippen LogP contribution in [0.5, 0.6) is 5.75 Å². The van der Waals surface area contributed by atoms with E-state index in [0.717, 1.165) is 5.57 Å². The van der Waals surface area contributed by atoms with E-state index in [4.69, 9.17) is 10.5 Å². The number of hydrogen-bond acceptors (Lipinski definition) is 4. The van der Waals surface area contributed by atoms with Crippen LogP contribution in [0.3, 0.4) is 0 Å². The van der Waals surface area contributed by atoms with Crippen molar-refractivity contribution in [3.05, 3.63) is 36.4 Å². The van der Waals surface area contributed by atoms with Gasteiger partial charge in [0.1, 0.15) is 12.4 Å². The summed E-state index contributed by atoms with van der Waals surface area (Å²) in [7, 11) is -3.18. The van der Waals surface area contributed by atoms with E-state index in [2.05, 4.69) is 16.9 Å². The molecule has 0 aliphatic rings. The Morgan fingerprint density at radius 1 is 1.38 bits per heavy atom.